The molecule has 0 saturated heterocycles. The monoisotopic (exact) mass is 192 g/mol. The second-order valence-electron chi connectivity index (χ2n) is 6.23. The van der Waals surface area contributed by atoms with Crippen molar-refractivity contribution < 1.29 is 0 Å². The van der Waals surface area contributed by atoms with Crippen LogP contribution in [0.5, 0.6) is 0 Å². The first-order chi connectivity index (χ1) is 6.41. The molecule has 0 N–H and O–H groups in total. The van der Waals surface area contributed by atoms with E-state index in [1.807, 2.05) is 0 Å². The lowest BCUT2D eigenvalue weighted by Crippen LogP contribution is -2.17. The first kappa shape index (κ1) is 12.1. The average Bonchev–Trinajstić information content (AvgIpc) is 2.08. The van der Waals surface area contributed by atoms with Gasteiger partial charge in [0.05, 0.1) is 7.85 Å². The van der Waals surface area contributed by atoms with Gasteiger partial charge in [-0.1, -0.05) is 64.6 Å². The number of rotatable bonds is 0. The van der Waals surface area contributed by atoms with Gasteiger partial charge in [-0.2, -0.15) is 0 Å². The predicted octanol–water partition coefficient (Wildman–Crippen LogP) is 4.49. The van der Waals surface area contributed by atoms with Crippen LogP contribution < -0.4 is 0 Å². The summed E-state index contributed by atoms with van der Waals surface area (Å²) in [6, 6.07) is 0. The van der Waals surface area contributed by atoms with Crippen molar-refractivity contribution in [2.75, 3.05) is 0 Å². The maximum absolute atomic E-state index is 6.29. The molecule has 1 aliphatic carbocycles. The third-order valence-corrected chi connectivity index (χ3v) is 3.72. The molecule has 0 nitrogen and oxygen atoms in total. The lowest BCUT2D eigenvalue weighted by molar-refractivity contribution is 0.257. The highest BCUT2D eigenvalue weighted by atomic mass is 14.3. The fraction of sp³-hybridized carbons (Fsp3) is 1.00. The van der Waals surface area contributed by atoms with Crippen molar-refractivity contribution in [2.45, 2.75) is 77.5 Å². The molecule has 1 heteroatoms. The van der Waals surface area contributed by atoms with Crippen LogP contribution >= 0.6 is 0 Å². The Labute approximate surface area is 91.3 Å². The Balaban J connectivity index is 2.50. The van der Waals surface area contributed by atoms with Crippen LogP contribution in [-0.2, 0) is 0 Å². The molecule has 0 bridgehead atoms. The molecule has 1 aliphatic rings. The minimum Gasteiger partial charge on any atom is -0.0688 e. The Morgan fingerprint density at radius 2 is 1.29 bits per heavy atom. The van der Waals surface area contributed by atoms with Gasteiger partial charge in [0.1, 0.15) is 0 Å². The highest BCUT2D eigenvalue weighted by Gasteiger charge is 2.24. The van der Waals surface area contributed by atoms with Gasteiger partial charge in [0.15, 0.2) is 0 Å². The molecule has 1 unspecified atom stereocenters. The van der Waals surface area contributed by atoms with E-state index in [1.165, 1.54) is 51.4 Å². The van der Waals surface area contributed by atoms with Crippen molar-refractivity contribution in [1.82, 2.24) is 0 Å². The summed E-state index contributed by atoms with van der Waals surface area (Å²) >= 11 is 0. The zero-order valence-electron chi connectivity index (χ0n) is 10.2. The molecule has 1 rings (SSSR count). The van der Waals surface area contributed by atoms with Gasteiger partial charge < -0.3 is 0 Å². The van der Waals surface area contributed by atoms with Gasteiger partial charge in [-0.05, 0) is 18.3 Å². The zero-order valence-corrected chi connectivity index (χ0v) is 10.2. The second kappa shape index (κ2) is 4.72. The van der Waals surface area contributed by atoms with Crippen molar-refractivity contribution in [2.24, 2.45) is 5.41 Å². The van der Waals surface area contributed by atoms with Crippen molar-refractivity contribution in [3.8, 4) is 0 Å². The van der Waals surface area contributed by atoms with Gasteiger partial charge in [-0.15, -0.1) is 0 Å². The summed E-state index contributed by atoms with van der Waals surface area (Å²) in [6.07, 6.45) is 10.6. The zero-order chi connectivity index (χ0) is 10.7. The van der Waals surface area contributed by atoms with E-state index in [4.69, 9.17) is 7.85 Å². The van der Waals surface area contributed by atoms with E-state index < -0.39 is 0 Å². The highest BCUT2D eigenvalue weighted by Crippen LogP contribution is 2.41. The third kappa shape index (κ3) is 4.53. The van der Waals surface area contributed by atoms with Crippen LogP contribution in [0.4, 0.5) is 0 Å². The van der Waals surface area contributed by atoms with E-state index in [0.717, 1.165) is 0 Å². The Morgan fingerprint density at radius 3 is 1.93 bits per heavy atom. The van der Waals surface area contributed by atoms with Crippen LogP contribution in [0, 0.1) is 5.41 Å². The summed E-state index contributed by atoms with van der Waals surface area (Å²) < 4.78 is 0. The van der Waals surface area contributed by atoms with Gasteiger partial charge in [0, 0.05) is 0 Å². The predicted molar refractivity (Wildman–Crippen MR) is 64.8 cm³/mol. The van der Waals surface area contributed by atoms with Gasteiger partial charge in [0.2, 0.25) is 0 Å². The smallest absolute Gasteiger partial charge is 0.0688 e. The summed E-state index contributed by atoms with van der Waals surface area (Å²) in [6.45, 7) is 7.01. The number of hydrogen-bond acceptors (Lipinski definition) is 0. The van der Waals surface area contributed by atoms with Crippen molar-refractivity contribution in [1.29, 1.82) is 0 Å². The minimum absolute atomic E-state index is 0.0919. The normalized spacial score (nSPS) is 35.1. The van der Waals surface area contributed by atoms with Crippen molar-refractivity contribution in [3.05, 3.63) is 0 Å². The Hall–Kier alpha value is 0.0649. The highest BCUT2D eigenvalue weighted by molar-refractivity contribution is 6.14. The molecule has 0 amide bonds. The van der Waals surface area contributed by atoms with Crippen LogP contribution in [0.25, 0.3) is 0 Å². The lowest BCUT2D eigenvalue weighted by atomic mass is 9.62. The van der Waals surface area contributed by atoms with E-state index in [-0.39, 0.29) is 5.31 Å². The summed E-state index contributed by atoms with van der Waals surface area (Å²) in [5.74, 6) is 0. The third-order valence-electron chi connectivity index (χ3n) is 3.72. The SMILES string of the molecule is [B]C1(C)CCCCCCC(C)(C)CC1. The molecule has 1 atom stereocenters. The topological polar surface area (TPSA) is 0 Å². The van der Waals surface area contributed by atoms with Crippen LogP contribution in [-0.4, -0.2) is 7.85 Å². The van der Waals surface area contributed by atoms with Gasteiger partial charge in [0.25, 0.3) is 0 Å². The molecule has 0 aliphatic heterocycles. The molecule has 0 aromatic heterocycles. The Morgan fingerprint density at radius 1 is 0.714 bits per heavy atom. The molecular weight excluding hydrogens is 167 g/mol. The van der Waals surface area contributed by atoms with Gasteiger partial charge in [-0.25, -0.2) is 0 Å². The molecule has 1 saturated carbocycles. The second-order valence-corrected chi connectivity index (χ2v) is 6.23. The summed E-state index contributed by atoms with van der Waals surface area (Å²) in [4.78, 5) is 0. The maximum Gasteiger partial charge on any atom is 0.0742 e. The van der Waals surface area contributed by atoms with E-state index in [1.54, 1.807) is 0 Å². The molecule has 1 fully saturated rings. The van der Waals surface area contributed by atoms with E-state index in [0.29, 0.717) is 5.41 Å². The molecule has 0 heterocycles. The van der Waals surface area contributed by atoms with Crippen LogP contribution in [0.15, 0.2) is 0 Å². The molecule has 2 radical (unpaired) electrons. The molecule has 0 spiro atoms. The molecule has 0 aromatic carbocycles. The minimum atomic E-state index is 0.0919. The summed E-state index contributed by atoms with van der Waals surface area (Å²) in [7, 11) is 6.29. The summed E-state index contributed by atoms with van der Waals surface area (Å²) in [5.41, 5.74) is 0.512. The van der Waals surface area contributed by atoms with Crippen molar-refractivity contribution >= 4 is 7.85 Å². The fourth-order valence-electron chi connectivity index (χ4n) is 2.36. The first-order valence-corrected chi connectivity index (χ1v) is 6.20. The van der Waals surface area contributed by atoms with E-state index in [2.05, 4.69) is 20.8 Å². The molecule has 0 aromatic rings. The van der Waals surface area contributed by atoms with Crippen LogP contribution in [0.2, 0.25) is 5.31 Å². The quantitative estimate of drug-likeness (QED) is 0.496. The van der Waals surface area contributed by atoms with E-state index in [9.17, 15) is 0 Å². The van der Waals surface area contributed by atoms with Crippen molar-refractivity contribution in [3.63, 3.8) is 0 Å². The Bertz CT molecular complexity index is 150. The fourth-order valence-corrected chi connectivity index (χ4v) is 2.36. The molecule has 14 heavy (non-hydrogen) atoms. The Kier molecular flexibility index (Phi) is 4.09. The molecule has 80 valence electrons. The van der Waals surface area contributed by atoms with Gasteiger partial charge in [-0.3, -0.25) is 0 Å². The number of hydrogen-bond donors (Lipinski definition) is 0. The van der Waals surface area contributed by atoms with E-state index >= 15 is 0 Å². The average molecular weight is 192 g/mol. The van der Waals surface area contributed by atoms with Gasteiger partial charge >= 0.3 is 0 Å². The first-order valence-electron chi connectivity index (χ1n) is 6.20. The lowest BCUT2D eigenvalue weighted by Gasteiger charge is -2.33. The molecular formula is C13H25B. The maximum atomic E-state index is 6.29. The largest absolute Gasteiger partial charge is 0.0742 e. The standard InChI is InChI=1S/C13H25B/c1-12(2)8-6-4-5-7-9-13(3,14)11-10-12/h4-11H2,1-3H3. The summed E-state index contributed by atoms with van der Waals surface area (Å²) in [5, 5.41) is 0.0919. The van der Waals surface area contributed by atoms with Crippen LogP contribution in [0.3, 0.4) is 0 Å². The van der Waals surface area contributed by atoms with Crippen LogP contribution in [0.1, 0.15) is 72.1 Å².